The first kappa shape index (κ1) is 11.2. The summed E-state index contributed by atoms with van der Waals surface area (Å²) >= 11 is 1.45. The molecule has 0 amide bonds. The van der Waals surface area contributed by atoms with E-state index in [9.17, 15) is 4.79 Å². The van der Waals surface area contributed by atoms with E-state index in [1.165, 1.54) is 11.8 Å². The summed E-state index contributed by atoms with van der Waals surface area (Å²) < 4.78 is 0. The second kappa shape index (κ2) is 5.18. The largest absolute Gasteiger partial charge is 0.287 e. The predicted octanol–water partition coefficient (Wildman–Crippen LogP) is 2.77. The van der Waals surface area contributed by atoms with E-state index in [1.807, 2.05) is 18.2 Å². The minimum absolute atomic E-state index is 0.146. The van der Waals surface area contributed by atoms with Crippen molar-refractivity contribution in [3.8, 4) is 6.07 Å². The molecule has 0 radical (unpaired) electrons. The molecule has 0 aromatic heterocycles. The van der Waals surface area contributed by atoms with E-state index in [0.717, 1.165) is 30.6 Å². The van der Waals surface area contributed by atoms with Gasteiger partial charge in [-0.25, -0.2) is 0 Å². The molecule has 0 unspecified atom stereocenters. The molecule has 3 heteroatoms. The number of rotatable bonds is 2. The van der Waals surface area contributed by atoms with Gasteiger partial charge < -0.3 is 0 Å². The molecule has 16 heavy (non-hydrogen) atoms. The Morgan fingerprint density at radius 3 is 3.12 bits per heavy atom. The third-order valence-electron chi connectivity index (χ3n) is 2.81. The zero-order valence-corrected chi connectivity index (χ0v) is 9.80. The summed E-state index contributed by atoms with van der Waals surface area (Å²) in [6.07, 6.45) is 2.89. The fourth-order valence-corrected chi connectivity index (χ4v) is 2.93. The van der Waals surface area contributed by atoms with Crippen LogP contribution in [0.1, 0.15) is 24.0 Å². The van der Waals surface area contributed by atoms with Crippen LogP contribution in [0.5, 0.6) is 0 Å². The molecule has 0 saturated carbocycles. The van der Waals surface area contributed by atoms with E-state index < -0.39 is 0 Å². The van der Waals surface area contributed by atoms with E-state index in [0.29, 0.717) is 10.7 Å². The van der Waals surface area contributed by atoms with E-state index >= 15 is 0 Å². The Balaban J connectivity index is 2.08. The molecule has 1 aliphatic rings. The molecule has 82 valence electrons. The van der Waals surface area contributed by atoms with Gasteiger partial charge in [-0.05, 0) is 37.0 Å². The minimum atomic E-state index is 0.146. The van der Waals surface area contributed by atoms with Crippen LogP contribution in [0.4, 0.5) is 0 Å². The maximum absolute atomic E-state index is 11.7. The van der Waals surface area contributed by atoms with Crippen LogP contribution in [-0.4, -0.2) is 10.9 Å². The van der Waals surface area contributed by atoms with E-state index in [4.69, 9.17) is 5.26 Å². The van der Waals surface area contributed by atoms with Crippen LogP contribution in [0.2, 0.25) is 0 Å². The van der Waals surface area contributed by atoms with Crippen LogP contribution in [0.15, 0.2) is 24.3 Å². The van der Waals surface area contributed by atoms with Crippen LogP contribution in [-0.2, 0) is 11.2 Å². The lowest BCUT2D eigenvalue weighted by Gasteiger charge is -2.19. The molecule has 1 fully saturated rings. The molecule has 1 aromatic rings. The molecule has 1 saturated heterocycles. The van der Waals surface area contributed by atoms with Crippen molar-refractivity contribution < 1.29 is 4.79 Å². The highest BCUT2D eigenvalue weighted by atomic mass is 32.2. The van der Waals surface area contributed by atoms with Crippen molar-refractivity contribution in [3.63, 3.8) is 0 Å². The van der Waals surface area contributed by atoms with Gasteiger partial charge in [0.05, 0.1) is 11.6 Å². The number of carbonyl (C=O) groups is 1. The molecule has 1 atom stereocenters. The Labute approximate surface area is 99.7 Å². The number of carbonyl (C=O) groups excluding carboxylic acids is 1. The number of nitriles is 1. The predicted molar refractivity (Wildman–Crippen MR) is 65.1 cm³/mol. The molecule has 0 N–H and O–H groups in total. The van der Waals surface area contributed by atoms with Crippen molar-refractivity contribution in [2.24, 2.45) is 5.92 Å². The summed E-state index contributed by atoms with van der Waals surface area (Å²) in [5.74, 6) is 1.11. The Morgan fingerprint density at radius 2 is 2.38 bits per heavy atom. The maximum atomic E-state index is 11.7. The smallest absolute Gasteiger partial charge is 0.192 e. The topological polar surface area (TPSA) is 40.9 Å². The molecule has 0 bridgehead atoms. The molecule has 1 heterocycles. The van der Waals surface area contributed by atoms with Gasteiger partial charge in [0.15, 0.2) is 5.12 Å². The summed E-state index contributed by atoms with van der Waals surface area (Å²) in [4.78, 5) is 11.7. The first-order valence-corrected chi connectivity index (χ1v) is 6.44. The fourth-order valence-electron chi connectivity index (χ4n) is 1.98. The van der Waals surface area contributed by atoms with Gasteiger partial charge in [0.25, 0.3) is 0 Å². The highest BCUT2D eigenvalue weighted by Gasteiger charge is 2.22. The fraction of sp³-hybridized carbons (Fsp3) is 0.385. The highest BCUT2D eigenvalue weighted by molar-refractivity contribution is 8.13. The minimum Gasteiger partial charge on any atom is -0.287 e. The van der Waals surface area contributed by atoms with Crippen molar-refractivity contribution in [1.82, 2.24) is 0 Å². The number of hydrogen-bond acceptors (Lipinski definition) is 3. The van der Waals surface area contributed by atoms with Crippen molar-refractivity contribution in [1.29, 1.82) is 5.26 Å². The second-order valence-electron chi connectivity index (χ2n) is 4.02. The van der Waals surface area contributed by atoms with Gasteiger partial charge in [-0.15, -0.1) is 0 Å². The monoisotopic (exact) mass is 231 g/mol. The molecular weight excluding hydrogens is 218 g/mol. The van der Waals surface area contributed by atoms with Gasteiger partial charge in [-0.1, -0.05) is 23.9 Å². The number of benzene rings is 1. The molecule has 1 aromatic carbocycles. The summed E-state index contributed by atoms with van der Waals surface area (Å²) in [5.41, 5.74) is 1.77. The van der Waals surface area contributed by atoms with Gasteiger partial charge in [-0.3, -0.25) is 4.79 Å². The van der Waals surface area contributed by atoms with Crippen molar-refractivity contribution in [2.75, 3.05) is 5.75 Å². The number of nitrogens with zero attached hydrogens (tertiary/aromatic N) is 1. The maximum Gasteiger partial charge on any atom is 0.192 e. The third-order valence-corrected chi connectivity index (χ3v) is 3.92. The van der Waals surface area contributed by atoms with Crippen LogP contribution in [0, 0.1) is 17.2 Å². The Hall–Kier alpha value is -1.27. The summed E-state index contributed by atoms with van der Waals surface area (Å²) in [5, 5.41) is 9.11. The number of hydrogen-bond donors (Lipinski definition) is 0. The Kier molecular flexibility index (Phi) is 3.63. The average Bonchev–Trinajstić information content (AvgIpc) is 2.32. The molecule has 1 aliphatic heterocycles. The van der Waals surface area contributed by atoms with Crippen LogP contribution < -0.4 is 0 Å². The Bertz CT molecular complexity index is 436. The van der Waals surface area contributed by atoms with Crippen molar-refractivity contribution in [3.05, 3.63) is 35.4 Å². The lowest BCUT2D eigenvalue weighted by atomic mass is 9.95. The summed E-state index contributed by atoms with van der Waals surface area (Å²) in [6.45, 7) is 0. The zero-order valence-electron chi connectivity index (χ0n) is 8.98. The lowest BCUT2D eigenvalue weighted by Crippen LogP contribution is -2.19. The van der Waals surface area contributed by atoms with Gasteiger partial charge in [0.2, 0.25) is 0 Å². The lowest BCUT2D eigenvalue weighted by molar-refractivity contribution is -0.114. The standard InChI is InChI=1S/C13H13NOS/c14-9-11-4-1-3-10(7-11)8-12-5-2-6-16-13(12)15/h1,3-4,7,12H,2,5-6,8H2/t12-/m0/s1. The van der Waals surface area contributed by atoms with Crippen LogP contribution >= 0.6 is 11.8 Å². The quantitative estimate of drug-likeness (QED) is 0.785. The molecule has 2 rings (SSSR count). The van der Waals surface area contributed by atoms with Gasteiger partial charge in [0.1, 0.15) is 0 Å². The van der Waals surface area contributed by atoms with Crippen LogP contribution in [0.3, 0.4) is 0 Å². The molecule has 2 nitrogen and oxygen atoms in total. The van der Waals surface area contributed by atoms with E-state index in [-0.39, 0.29) is 5.92 Å². The van der Waals surface area contributed by atoms with Gasteiger partial charge in [0, 0.05) is 11.7 Å². The third kappa shape index (κ3) is 2.65. The highest BCUT2D eigenvalue weighted by Crippen LogP contribution is 2.27. The number of thioether (sulfide) groups is 1. The summed E-state index contributed by atoms with van der Waals surface area (Å²) in [6, 6.07) is 9.68. The molecule has 0 aliphatic carbocycles. The van der Waals surface area contributed by atoms with Gasteiger partial charge >= 0.3 is 0 Å². The Morgan fingerprint density at radius 1 is 1.50 bits per heavy atom. The summed E-state index contributed by atoms with van der Waals surface area (Å²) in [7, 11) is 0. The normalized spacial score (nSPS) is 20.4. The van der Waals surface area contributed by atoms with Crippen LogP contribution in [0.25, 0.3) is 0 Å². The van der Waals surface area contributed by atoms with E-state index in [2.05, 4.69) is 6.07 Å². The first-order chi connectivity index (χ1) is 7.79. The molecule has 0 spiro atoms. The zero-order chi connectivity index (χ0) is 11.4. The van der Waals surface area contributed by atoms with E-state index in [1.54, 1.807) is 6.07 Å². The first-order valence-electron chi connectivity index (χ1n) is 5.45. The molecular formula is C13H13NOS. The average molecular weight is 231 g/mol. The van der Waals surface area contributed by atoms with Crippen molar-refractivity contribution >= 4 is 16.9 Å². The second-order valence-corrected chi connectivity index (χ2v) is 5.12. The SMILES string of the molecule is N#Cc1cccc(C[C@@H]2CCCSC2=O)c1. The van der Waals surface area contributed by atoms with Gasteiger partial charge in [-0.2, -0.15) is 5.26 Å². The van der Waals surface area contributed by atoms with Crippen molar-refractivity contribution in [2.45, 2.75) is 19.3 Å².